The molecule has 0 amide bonds. The molecule has 0 aromatic carbocycles. The molecule has 0 saturated heterocycles. The number of ether oxygens (including phenoxy) is 1. The Morgan fingerprint density at radius 3 is 2.37 bits per heavy atom. The third-order valence-corrected chi connectivity index (χ3v) is 4.56. The lowest BCUT2D eigenvalue weighted by Gasteiger charge is -2.39. The number of unbranched alkanes of at least 4 members (excludes halogenated alkanes) is 4. The lowest BCUT2D eigenvalue weighted by Crippen LogP contribution is -2.40. The summed E-state index contributed by atoms with van der Waals surface area (Å²) >= 11 is 0. The van der Waals surface area contributed by atoms with Gasteiger partial charge in [-0.2, -0.15) is 0 Å². The normalized spacial score (nSPS) is 28.6. The van der Waals surface area contributed by atoms with Gasteiger partial charge in [-0.15, -0.1) is 0 Å². The fraction of sp³-hybridized carbons (Fsp3) is 1.00. The molecule has 1 saturated carbocycles. The minimum absolute atomic E-state index is 0.0733. The molecule has 1 rings (SSSR count). The third-order valence-electron chi connectivity index (χ3n) is 4.56. The molecule has 1 aliphatic rings. The molecule has 1 aliphatic carbocycles. The number of aliphatic hydroxyl groups is 1. The van der Waals surface area contributed by atoms with Gasteiger partial charge in [0.25, 0.3) is 0 Å². The zero-order valence-electron chi connectivity index (χ0n) is 13.5. The van der Waals surface area contributed by atoms with E-state index in [9.17, 15) is 5.11 Å². The van der Waals surface area contributed by atoms with Crippen LogP contribution in [0.25, 0.3) is 0 Å². The molecule has 3 unspecified atom stereocenters. The molecule has 0 aliphatic heterocycles. The molecule has 0 aromatic heterocycles. The van der Waals surface area contributed by atoms with E-state index in [1.54, 1.807) is 0 Å². The van der Waals surface area contributed by atoms with Crippen molar-refractivity contribution < 1.29 is 9.84 Å². The van der Waals surface area contributed by atoms with Crippen LogP contribution in [-0.2, 0) is 4.74 Å². The third kappa shape index (κ3) is 6.27. The molecule has 2 heteroatoms. The molecule has 3 atom stereocenters. The van der Waals surface area contributed by atoms with Crippen molar-refractivity contribution in [1.82, 2.24) is 0 Å². The Morgan fingerprint density at radius 1 is 1.05 bits per heavy atom. The van der Waals surface area contributed by atoms with Crippen molar-refractivity contribution >= 4 is 0 Å². The van der Waals surface area contributed by atoms with Crippen LogP contribution in [0.3, 0.4) is 0 Å². The summed E-state index contributed by atoms with van der Waals surface area (Å²) in [5, 5.41) is 10.1. The van der Waals surface area contributed by atoms with Crippen molar-refractivity contribution in [2.75, 3.05) is 6.61 Å². The van der Waals surface area contributed by atoms with Crippen LogP contribution in [0.5, 0.6) is 0 Å². The molecule has 1 N–H and O–H groups in total. The van der Waals surface area contributed by atoms with Crippen LogP contribution in [0.1, 0.15) is 79.1 Å². The van der Waals surface area contributed by atoms with Crippen LogP contribution in [-0.4, -0.2) is 23.9 Å². The number of rotatable bonds is 7. The number of hydrogen-bond acceptors (Lipinski definition) is 2. The predicted octanol–water partition coefficient (Wildman–Crippen LogP) is 4.55. The molecule has 0 aromatic rings. The maximum Gasteiger partial charge on any atom is 0.0836 e. The zero-order valence-corrected chi connectivity index (χ0v) is 13.5. The SMILES string of the molecule is CCCCCCCOC1CC(C(C)(C)C)CCC1O. The largest absolute Gasteiger partial charge is 0.390 e. The highest BCUT2D eigenvalue weighted by atomic mass is 16.5. The van der Waals surface area contributed by atoms with E-state index < -0.39 is 0 Å². The van der Waals surface area contributed by atoms with Gasteiger partial charge in [0.15, 0.2) is 0 Å². The van der Waals surface area contributed by atoms with Crippen molar-refractivity contribution in [3.8, 4) is 0 Å². The van der Waals surface area contributed by atoms with Crippen LogP contribution in [0, 0.1) is 11.3 Å². The highest BCUT2D eigenvalue weighted by molar-refractivity contribution is 4.86. The second-order valence-corrected chi connectivity index (χ2v) is 7.27. The van der Waals surface area contributed by atoms with Gasteiger partial charge >= 0.3 is 0 Å². The van der Waals surface area contributed by atoms with Gasteiger partial charge < -0.3 is 9.84 Å². The molecular weight excluding hydrogens is 236 g/mol. The topological polar surface area (TPSA) is 29.5 Å². The van der Waals surface area contributed by atoms with Crippen molar-refractivity contribution in [3.63, 3.8) is 0 Å². The maximum absolute atomic E-state index is 10.1. The lowest BCUT2D eigenvalue weighted by molar-refractivity contribution is -0.0844. The maximum atomic E-state index is 10.1. The molecule has 1 fully saturated rings. The zero-order chi connectivity index (χ0) is 14.3. The first kappa shape index (κ1) is 17.0. The smallest absolute Gasteiger partial charge is 0.0836 e. The first-order valence-electron chi connectivity index (χ1n) is 8.24. The summed E-state index contributed by atoms with van der Waals surface area (Å²) in [6.07, 6.45) is 9.25. The molecule has 19 heavy (non-hydrogen) atoms. The quantitative estimate of drug-likeness (QED) is 0.688. The van der Waals surface area contributed by atoms with Crippen molar-refractivity contribution in [1.29, 1.82) is 0 Å². The summed E-state index contributed by atoms with van der Waals surface area (Å²) in [4.78, 5) is 0. The Morgan fingerprint density at radius 2 is 1.74 bits per heavy atom. The van der Waals surface area contributed by atoms with Crippen LogP contribution in [0.4, 0.5) is 0 Å². The summed E-state index contributed by atoms with van der Waals surface area (Å²) in [5.74, 6) is 0.681. The molecule has 2 nitrogen and oxygen atoms in total. The number of hydrogen-bond donors (Lipinski definition) is 1. The first-order chi connectivity index (χ1) is 8.95. The first-order valence-corrected chi connectivity index (χ1v) is 8.24. The van der Waals surface area contributed by atoms with Gasteiger partial charge in [0.2, 0.25) is 0 Å². The van der Waals surface area contributed by atoms with E-state index >= 15 is 0 Å². The predicted molar refractivity (Wildman–Crippen MR) is 81.3 cm³/mol. The van der Waals surface area contributed by atoms with Crippen LogP contribution in [0.2, 0.25) is 0 Å². The lowest BCUT2D eigenvalue weighted by atomic mass is 9.71. The average molecular weight is 270 g/mol. The van der Waals surface area contributed by atoms with E-state index in [-0.39, 0.29) is 12.2 Å². The molecular formula is C17H34O2. The van der Waals surface area contributed by atoms with Gasteiger partial charge in [0, 0.05) is 6.61 Å². The molecule has 0 heterocycles. The standard InChI is InChI=1S/C17H34O2/c1-5-6-7-8-9-12-19-16-13-14(17(2,3)4)10-11-15(16)18/h14-16,18H,5-13H2,1-4H3. The average Bonchev–Trinajstić information content (AvgIpc) is 2.34. The molecule has 114 valence electrons. The summed E-state index contributed by atoms with van der Waals surface area (Å²) < 4.78 is 5.95. The fourth-order valence-corrected chi connectivity index (χ4v) is 3.02. The van der Waals surface area contributed by atoms with Gasteiger partial charge in [0.05, 0.1) is 12.2 Å². The van der Waals surface area contributed by atoms with Crippen molar-refractivity contribution in [2.45, 2.75) is 91.3 Å². The Bertz CT molecular complexity index is 232. The Kier molecular flexibility index (Phi) is 7.38. The Hall–Kier alpha value is -0.0800. The van der Waals surface area contributed by atoms with E-state index in [1.165, 1.54) is 25.7 Å². The molecule has 0 radical (unpaired) electrons. The van der Waals surface area contributed by atoms with E-state index in [4.69, 9.17) is 4.74 Å². The minimum Gasteiger partial charge on any atom is -0.390 e. The Labute approximate surface area is 119 Å². The highest BCUT2D eigenvalue weighted by Crippen LogP contribution is 2.38. The Balaban J connectivity index is 2.23. The van der Waals surface area contributed by atoms with Gasteiger partial charge in [-0.1, -0.05) is 53.4 Å². The van der Waals surface area contributed by atoms with Crippen LogP contribution >= 0.6 is 0 Å². The van der Waals surface area contributed by atoms with Gasteiger partial charge in [-0.25, -0.2) is 0 Å². The minimum atomic E-state index is -0.241. The van der Waals surface area contributed by atoms with Crippen LogP contribution < -0.4 is 0 Å². The summed E-state index contributed by atoms with van der Waals surface area (Å²) in [5.41, 5.74) is 0.336. The molecule has 0 bridgehead atoms. The monoisotopic (exact) mass is 270 g/mol. The van der Waals surface area contributed by atoms with Gasteiger partial charge in [-0.3, -0.25) is 0 Å². The highest BCUT2D eigenvalue weighted by Gasteiger charge is 2.35. The van der Waals surface area contributed by atoms with E-state index in [2.05, 4.69) is 27.7 Å². The van der Waals surface area contributed by atoms with Crippen LogP contribution in [0.15, 0.2) is 0 Å². The summed E-state index contributed by atoms with van der Waals surface area (Å²) in [6.45, 7) is 9.97. The van der Waals surface area contributed by atoms with E-state index in [0.29, 0.717) is 11.3 Å². The fourth-order valence-electron chi connectivity index (χ4n) is 3.02. The van der Waals surface area contributed by atoms with E-state index in [1.807, 2.05) is 0 Å². The summed E-state index contributed by atoms with van der Waals surface area (Å²) in [6, 6.07) is 0. The number of aliphatic hydroxyl groups excluding tert-OH is 1. The molecule has 0 spiro atoms. The van der Waals surface area contributed by atoms with Crippen molar-refractivity contribution in [2.24, 2.45) is 11.3 Å². The second kappa shape index (κ2) is 8.26. The van der Waals surface area contributed by atoms with Crippen molar-refractivity contribution in [3.05, 3.63) is 0 Å². The van der Waals surface area contributed by atoms with E-state index in [0.717, 1.165) is 32.3 Å². The summed E-state index contributed by atoms with van der Waals surface area (Å²) in [7, 11) is 0. The second-order valence-electron chi connectivity index (χ2n) is 7.27. The van der Waals surface area contributed by atoms with Gasteiger partial charge in [0.1, 0.15) is 0 Å². The van der Waals surface area contributed by atoms with Gasteiger partial charge in [-0.05, 0) is 37.0 Å².